The van der Waals surface area contributed by atoms with Crippen LogP contribution in [0.25, 0.3) is 11.0 Å². The molecule has 7 heteroatoms. The molecule has 4 aromatic rings. The van der Waals surface area contributed by atoms with Crippen molar-refractivity contribution in [2.24, 2.45) is 0 Å². The van der Waals surface area contributed by atoms with Gasteiger partial charge in [-0.1, -0.05) is 30.3 Å². The van der Waals surface area contributed by atoms with Crippen molar-refractivity contribution in [1.82, 2.24) is 14.9 Å². The molecule has 0 radical (unpaired) electrons. The first-order chi connectivity index (χ1) is 18.1. The van der Waals surface area contributed by atoms with Crippen molar-refractivity contribution in [3.05, 3.63) is 83.7 Å². The molecule has 194 valence electrons. The fourth-order valence-electron chi connectivity index (χ4n) is 4.37. The summed E-state index contributed by atoms with van der Waals surface area (Å²) in [5, 5.41) is 3.00. The fourth-order valence-corrected chi connectivity index (χ4v) is 4.37. The molecule has 4 rings (SSSR count). The quantitative estimate of drug-likeness (QED) is 0.242. The monoisotopic (exact) mass is 501 g/mol. The Balaban J connectivity index is 1.30. The summed E-state index contributed by atoms with van der Waals surface area (Å²) in [4.78, 5) is 17.5. The zero-order valence-electron chi connectivity index (χ0n) is 21.8. The highest BCUT2D eigenvalue weighted by molar-refractivity contribution is 5.94. The number of rotatable bonds is 13. The van der Waals surface area contributed by atoms with Crippen molar-refractivity contribution in [2.45, 2.75) is 39.2 Å². The van der Waals surface area contributed by atoms with Crippen LogP contribution in [0.1, 0.15) is 41.0 Å². The highest BCUT2D eigenvalue weighted by atomic mass is 16.5. The van der Waals surface area contributed by atoms with Crippen molar-refractivity contribution in [2.75, 3.05) is 27.4 Å². The van der Waals surface area contributed by atoms with Crippen LogP contribution in [0.3, 0.4) is 0 Å². The fraction of sp³-hybridized carbons (Fsp3) is 0.333. The van der Waals surface area contributed by atoms with Gasteiger partial charge >= 0.3 is 0 Å². The summed E-state index contributed by atoms with van der Waals surface area (Å²) in [6, 6.07) is 21.5. The van der Waals surface area contributed by atoms with Crippen LogP contribution >= 0.6 is 0 Å². The van der Waals surface area contributed by atoms with Crippen molar-refractivity contribution in [1.29, 1.82) is 0 Å². The van der Waals surface area contributed by atoms with Gasteiger partial charge in [-0.3, -0.25) is 4.79 Å². The van der Waals surface area contributed by atoms with Crippen LogP contribution in [0, 0.1) is 6.92 Å². The van der Waals surface area contributed by atoms with E-state index in [1.165, 1.54) is 0 Å². The van der Waals surface area contributed by atoms with E-state index in [2.05, 4.69) is 41.1 Å². The summed E-state index contributed by atoms with van der Waals surface area (Å²) < 4.78 is 18.8. The minimum atomic E-state index is -0.136. The van der Waals surface area contributed by atoms with Gasteiger partial charge in [-0.25, -0.2) is 4.98 Å². The van der Waals surface area contributed by atoms with Gasteiger partial charge in [0.1, 0.15) is 11.6 Å². The number of fused-ring (bicyclic) bond motifs is 1. The third-order valence-electron chi connectivity index (χ3n) is 6.37. The molecule has 1 N–H and O–H groups in total. The minimum Gasteiger partial charge on any atom is -0.493 e. The molecule has 0 aliphatic rings. The number of nitrogens with one attached hydrogen (secondary N) is 1. The lowest BCUT2D eigenvalue weighted by Crippen LogP contribution is -2.25. The summed E-state index contributed by atoms with van der Waals surface area (Å²) in [5.74, 6) is 2.99. The van der Waals surface area contributed by atoms with Crippen LogP contribution in [-0.2, 0) is 13.0 Å². The van der Waals surface area contributed by atoms with Crippen LogP contribution in [0.15, 0.2) is 66.7 Å². The smallest absolute Gasteiger partial charge is 0.251 e. The molecule has 0 saturated carbocycles. The molecule has 3 aromatic carbocycles. The minimum absolute atomic E-state index is 0.136. The van der Waals surface area contributed by atoms with E-state index in [4.69, 9.17) is 19.2 Å². The summed E-state index contributed by atoms with van der Waals surface area (Å²) in [6.45, 7) is 4.19. The largest absolute Gasteiger partial charge is 0.493 e. The number of amides is 1. The number of unbranched alkanes of at least 4 members (excludes halogenated alkanes) is 1. The number of nitrogens with zero attached hydrogens (tertiary/aromatic N) is 2. The zero-order chi connectivity index (χ0) is 26.0. The first kappa shape index (κ1) is 26.1. The molecule has 1 heterocycles. The molecule has 0 spiro atoms. The SMILES string of the molecule is COc1ccc(C(=O)NCCCc2nc3ccccc3n2CCCCOc2ccccc2C)cc1OC. The number of methoxy groups -OCH3 is 2. The van der Waals surface area contributed by atoms with Gasteiger partial charge < -0.3 is 24.1 Å². The lowest BCUT2D eigenvalue weighted by Gasteiger charge is -2.12. The van der Waals surface area contributed by atoms with Gasteiger partial charge in [0.2, 0.25) is 0 Å². The number of carbonyl (C=O) groups is 1. The molecule has 0 aliphatic heterocycles. The Kier molecular flexibility index (Phi) is 9.03. The standard InChI is InChI=1S/C30H35N3O4/c1-22-11-4-7-14-26(22)37-20-9-8-19-33-25-13-6-5-12-24(25)32-29(33)15-10-18-31-30(34)23-16-17-27(35-2)28(21-23)36-3/h4-7,11-14,16-17,21H,8-10,15,18-20H2,1-3H3,(H,31,34). The second-order valence-electron chi connectivity index (χ2n) is 8.92. The van der Waals surface area contributed by atoms with Crippen molar-refractivity contribution >= 4 is 16.9 Å². The van der Waals surface area contributed by atoms with Gasteiger partial charge in [0.05, 0.1) is 31.9 Å². The van der Waals surface area contributed by atoms with Gasteiger partial charge in [-0.2, -0.15) is 0 Å². The number of para-hydroxylation sites is 3. The maximum atomic E-state index is 12.6. The van der Waals surface area contributed by atoms with Crippen molar-refractivity contribution in [3.8, 4) is 17.2 Å². The predicted molar refractivity (Wildman–Crippen MR) is 146 cm³/mol. The second-order valence-corrected chi connectivity index (χ2v) is 8.92. The van der Waals surface area contributed by atoms with Gasteiger partial charge in [0, 0.05) is 25.1 Å². The first-order valence-electron chi connectivity index (χ1n) is 12.7. The average Bonchev–Trinajstić information content (AvgIpc) is 3.28. The van der Waals surface area contributed by atoms with Crippen LogP contribution < -0.4 is 19.5 Å². The summed E-state index contributed by atoms with van der Waals surface area (Å²) in [5.41, 5.74) is 3.84. The van der Waals surface area contributed by atoms with Crippen LogP contribution in [0.4, 0.5) is 0 Å². The molecule has 0 atom stereocenters. The lowest BCUT2D eigenvalue weighted by atomic mass is 10.2. The summed E-state index contributed by atoms with van der Waals surface area (Å²) in [7, 11) is 3.13. The van der Waals surface area contributed by atoms with E-state index < -0.39 is 0 Å². The van der Waals surface area contributed by atoms with E-state index >= 15 is 0 Å². The van der Waals surface area contributed by atoms with Gasteiger partial charge in [-0.05, 0) is 68.1 Å². The number of ether oxygens (including phenoxy) is 3. The van der Waals surface area contributed by atoms with Crippen molar-refractivity contribution < 1.29 is 19.0 Å². The molecule has 7 nitrogen and oxygen atoms in total. The molecule has 1 aromatic heterocycles. The highest BCUT2D eigenvalue weighted by Crippen LogP contribution is 2.27. The number of benzene rings is 3. The third kappa shape index (κ3) is 6.61. The Hall–Kier alpha value is -4.00. The molecule has 0 fully saturated rings. The molecule has 0 bridgehead atoms. The summed E-state index contributed by atoms with van der Waals surface area (Å²) in [6.07, 6.45) is 3.52. The van der Waals surface area contributed by atoms with Crippen LogP contribution in [-0.4, -0.2) is 42.8 Å². The molecule has 1 amide bonds. The lowest BCUT2D eigenvalue weighted by molar-refractivity contribution is 0.0952. The maximum absolute atomic E-state index is 12.6. The van der Waals surface area contributed by atoms with E-state index in [1.807, 2.05) is 24.3 Å². The Labute approximate surface area is 218 Å². The number of hydrogen-bond acceptors (Lipinski definition) is 5. The van der Waals surface area contributed by atoms with E-state index in [-0.39, 0.29) is 5.91 Å². The van der Waals surface area contributed by atoms with E-state index in [9.17, 15) is 4.79 Å². The average molecular weight is 502 g/mol. The number of carbonyl (C=O) groups excluding carboxylic acids is 1. The molecule has 0 saturated heterocycles. The van der Waals surface area contributed by atoms with Gasteiger partial charge in [-0.15, -0.1) is 0 Å². The normalized spacial score (nSPS) is 10.9. The van der Waals surface area contributed by atoms with Gasteiger partial charge in [0.25, 0.3) is 5.91 Å². The molecular weight excluding hydrogens is 466 g/mol. The van der Waals surface area contributed by atoms with Gasteiger partial charge in [0.15, 0.2) is 11.5 Å². The summed E-state index contributed by atoms with van der Waals surface area (Å²) >= 11 is 0. The zero-order valence-corrected chi connectivity index (χ0v) is 21.8. The highest BCUT2D eigenvalue weighted by Gasteiger charge is 2.12. The van der Waals surface area contributed by atoms with Crippen molar-refractivity contribution in [3.63, 3.8) is 0 Å². The Bertz CT molecular complexity index is 1330. The number of imidazole rings is 1. The van der Waals surface area contributed by atoms with Crippen LogP contribution in [0.5, 0.6) is 17.2 Å². The molecule has 0 unspecified atom stereocenters. The molecular formula is C30H35N3O4. The first-order valence-corrected chi connectivity index (χ1v) is 12.7. The topological polar surface area (TPSA) is 74.6 Å². The Morgan fingerprint density at radius 1 is 0.892 bits per heavy atom. The van der Waals surface area contributed by atoms with E-state index in [0.29, 0.717) is 30.2 Å². The van der Waals surface area contributed by atoms with Crippen LogP contribution in [0.2, 0.25) is 0 Å². The second kappa shape index (κ2) is 12.8. The maximum Gasteiger partial charge on any atom is 0.251 e. The third-order valence-corrected chi connectivity index (χ3v) is 6.37. The number of aryl methyl sites for hydroxylation is 3. The number of hydrogen-bond donors (Lipinski definition) is 1. The Morgan fingerprint density at radius 2 is 1.68 bits per heavy atom. The Morgan fingerprint density at radius 3 is 2.49 bits per heavy atom. The molecule has 37 heavy (non-hydrogen) atoms. The predicted octanol–water partition coefficient (Wildman–Crippen LogP) is 5.58. The van der Waals surface area contributed by atoms with E-state index in [1.54, 1.807) is 32.4 Å². The molecule has 0 aliphatic carbocycles. The van der Waals surface area contributed by atoms with E-state index in [0.717, 1.165) is 60.4 Å². The number of aromatic nitrogens is 2.